The summed E-state index contributed by atoms with van der Waals surface area (Å²) in [5, 5.41) is 2.52. The zero-order valence-electron chi connectivity index (χ0n) is 27.8. The smallest absolute Gasteiger partial charge is 0.258 e. The van der Waals surface area contributed by atoms with E-state index in [-0.39, 0.29) is 6.71 Å². The summed E-state index contributed by atoms with van der Waals surface area (Å²) in [6.07, 6.45) is 0. The van der Waals surface area contributed by atoms with E-state index in [4.69, 9.17) is 4.74 Å². The normalized spacial score (nSPS) is 12.4. The highest BCUT2D eigenvalue weighted by Crippen LogP contribution is 2.42. The van der Waals surface area contributed by atoms with Crippen molar-refractivity contribution in [3.63, 3.8) is 0 Å². The first-order chi connectivity index (χ1) is 25.3. The molecule has 0 unspecified atom stereocenters. The second kappa shape index (κ2) is 11.0. The number of hydrogen-bond acceptors (Lipinski definition) is 1. The van der Waals surface area contributed by atoms with Crippen LogP contribution in [-0.2, 0) is 0 Å². The lowest BCUT2D eigenvalue weighted by atomic mass is 9.33. The molecule has 11 rings (SSSR count). The maximum absolute atomic E-state index is 7.07. The third kappa shape index (κ3) is 4.19. The molecule has 0 N–H and O–H groups in total. The number of ether oxygens (including phenoxy) is 1. The number of rotatable bonds is 4. The summed E-state index contributed by atoms with van der Waals surface area (Å²) in [5.41, 5.74) is 17.0. The second-order valence-corrected chi connectivity index (χ2v) is 13.6. The largest absolute Gasteiger partial charge is 0.458 e. The van der Waals surface area contributed by atoms with Crippen LogP contribution < -0.4 is 21.1 Å². The lowest BCUT2D eigenvalue weighted by Crippen LogP contribution is -2.59. The van der Waals surface area contributed by atoms with Gasteiger partial charge >= 0.3 is 0 Å². The van der Waals surface area contributed by atoms with Crippen molar-refractivity contribution >= 4 is 44.9 Å². The molecule has 0 fully saturated rings. The second-order valence-electron chi connectivity index (χ2n) is 13.6. The quantitative estimate of drug-likeness (QED) is 0.174. The molecule has 3 heterocycles. The average Bonchev–Trinajstić information content (AvgIpc) is 3.54. The minimum absolute atomic E-state index is 0.0516. The first kappa shape index (κ1) is 28.3. The number of benzene rings is 8. The van der Waals surface area contributed by atoms with E-state index < -0.39 is 0 Å². The number of nitrogens with zero attached hydrogens (tertiary/aromatic N) is 1. The Morgan fingerprint density at radius 1 is 0.373 bits per heavy atom. The van der Waals surface area contributed by atoms with Crippen molar-refractivity contribution in [2.75, 3.05) is 0 Å². The maximum atomic E-state index is 7.07. The molecule has 0 radical (unpaired) electrons. The molecule has 2 nitrogen and oxygen atoms in total. The fourth-order valence-electron chi connectivity index (χ4n) is 8.67. The van der Waals surface area contributed by atoms with E-state index in [2.05, 4.69) is 187 Å². The molecule has 51 heavy (non-hydrogen) atoms. The summed E-state index contributed by atoms with van der Waals surface area (Å²) >= 11 is 0. The monoisotopic (exact) mass is 647 g/mol. The molecule has 8 aromatic carbocycles. The van der Waals surface area contributed by atoms with Gasteiger partial charge in [-0.05, 0) is 91.2 Å². The molecular weight excluding hydrogens is 617 g/mol. The summed E-state index contributed by atoms with van der Waals surface area (Å²) in [5.74, 6) is 1.83. The van der Waals surface area contributed by atoms with Crippen LogP contribution in [0.15, 0.2) is 182 Å². The Morgan fingerprint density at radius 2 is 0.980 bits per heavy atom. The molecule has 0 saturated carbocycles. The van der Waals surface area contributed by atoms with Crippen molar-refractivity contribution in [2.45, 2.75) is 0 Å². The molecular formula is C48H30BNO. The first-order valence-corrected chi connectivity index (χ1v) is 17.6. The third-order valence-corrected chi connectivity index (χ3v) is 10.9. The van der Waals surface area contributed by atoms with E-state index in [1.54, 1.807) is 0 Å². The highest BCUT2D eigenvalue weighted by molar-refractivity contribution is 7.01. The number of fused-ring (bicyclic) bond motifs is 7. The molecule has 236 valence electrons. The Kier molecular flexibility index (Phi) is 6.08. The zero-order chi connectivity index (χ0) is 33.5. The van der Waals surface area contributed by atoms with Gasteiger partial charge in [0.05, 0.1) is 5.52 Å². The topological polar surface area (TPSA) is 14.2 Å². The molecule has 1 aromatic heterocycles. The summed E-state index contributed by atoms with van der Waals surface area (Å²) in [6, 6.07) is 65.9. The Bertz CT molecular complexity index is 2810. The fraction of sp³-hybridized carbons (Fsp3) is 0. The maximum Gasteiger partial charge on any atom is 0.258 e. The van der Waals surface area contributed by atoms with Crippen molar-refractivity contribution < 1.29 is 4.74 Å². The van der Waals surface area contributed by atoms with Crippen LogP contribution in [0.25, 0.3) is 72.0 Å². The molecule has 0 bridgehead atoms. The van der Waals surface area contributed by atoms with E-state index >= 15 is 0 Å². The Balaban J connectivity index is 1.29. The van der Waals surface area contributed by atoms with Crippen LogP contribution in [0.2, 0.25) is 0 Å². The van der Waals surface area contributed by atoms with E-state index in [9.17, 15) is 0 Å². The summed E-state index contributed by atoms with van der Waals surface area (Å²) in [6.45, 7) is -0.0516. The van der Waals surface area contributed by atoms with E-state index in [0.717, 1.165) is 17.1 Å². The Labute approximate surface area is 296 Å². The first-order valence-electron chi connectivity index (χ1n) is 17.6. The van der Waals surface area contributed by atoms with Gasteiger partial charge in [0.2, 0.25) is 0 Å². The Morgan fingerprint density at radius 3 is 1.67 bits per heavy atom. The summed E-state index contributed by atoms with van der Waals surface area (Å²) in [4.78, 5) is 0. The van der Waals surface area contributed by atoms with Crippen molar-refractivity contribution in [1.82, 2.24) is 4.57 Å². The minimum Gasteiger partial charge on any atom is -0.458 e. The van der Waals surface area contributed by atoms with E-state index in [1.807, 2.05) is 0 Å². The molecule has 0 saturated heterocycles. The SMILES string of the molecule is c1ccc(-c2cc3c(c(-c4ccccc4)c2)B2c4c(cccc4-n4c5cc(-c6ccccc6)ccc5c5ccc(-c6ccccc6)c2c54)O3)cc1. The molecule has 0 amide bonds. The van der Waals surface area contributed by atoms with Crippen LogP contribution >= 0.6 is 0 Å². The molecule has 0 spiro atoms. The van der Waals surface area contributed by atoms with Crippen LogP contribution in [-0.4, -0.2) is 11.3 Å². The van der Waals surface area contributed by atoms with Gasteiger partial charge in [-0.1, -0.05) is 152 Å². The van der Waals surface area contributed by atoms with Gasteiger partial charge in [0, 0.05) is 22.0 Å². The molecule has 3 heteroatoms. The molecule has 0 aliphatic carbocycles. The van der Waals surface area contributed by atoms with Gasteiger partial charge in [-0.25, -0.2) is 0 Å². The van der Waals surface area contributed by atoms with Crippen molar-refractivity contribution in [3.8, 4) is 61.7 Å². The molecule has 9 aromatic rings. The standard InChI is InChI=1S/C48H30BNO/c1-5-14-31(15-6-1)35-24-25-38-39-27-26-37(33-18-9-3-10-19-33)46-48(39)50(42(38)29-35)41-22-13-23-43-47(41)49(46)45-40(34-20-11-4-12-21-34)28-36(30-44(45)51-43)32-16-7-2-8-17-32/h1-30H. The van der Waals surface area contributed by atoms with Crippen molar-refractivity contribution in [2.24, 2.45) is 0 Å². The molecule has 2 aliphatic heterocycles. The minimum atomic E-state index is -0.0516. The van der Waals surface area contributed by atoms with Crippen LogP contribution in [0.3, 0.4) is 0 Å². The van der Waals surface area contributed by atoms with Crippen LogP contribution in [0, 0.1) is 0 Å². The van der Waals surface area contributed by atoms with Gasteiger partial charge in [-0.15, -0.1) is 0 Å². The van der Waals surface area contributed by atoms with E-state index in [0.29, 0.717) is 0 Å². The van der Waals surface area contributed by atoms with E-state index in [1.165, 1.54) is 82.8 Å². The van der Waals surface area contributed by atoms with Gasteiger partial charge in [0.1, 0.15) is 11.5 Å². The summed E-state index contributed by atoms with van der Waals surface area (Å²) in [7, 11) is 0. The van der Waals surface area contributed by atoms with Crippen molar-refractivity contribution in [1.29, 1.82) is 0 Å². The Hall–Kier alpha value is -6.58. The molecule has 0 atom stereocenters. The fourth-order valence-corrected chi connectivity index (χ4v) is 8.67. The van der Waals surface area contributed by atoms with Gasteiger partial charge in [-0.3, -0.25) is 0 Å². The highest BCUT2D eigenvalue weighted by atomic mass is 16.5. The average molecular weight is 648 g/mol. The van der Waals surface area contributed by atoms with Gasteiger partial charge < -0.3 is 9.30 Å². The third-order valence-electron chi connectivity index (χ3n) is 10.9. The van der Waals surface area contributed by atoms with Gasteiger partial charge in [0.25, 0.3) is 6.71 Å². The lowest BCUT2D eigenvalue weighted by molar-refractivity contribution is 0.487. The summed E-state index contributed by atoms with van der Waals surface area (Å²) < 4.78 is 9.59. The van der Waals surface area contributed by atoms with Crippen LogP contribution in [0.5, 0.6) is 11.5 Å². The number of hydrogen-bond donors (Lipinski definition) is 0. The van der Waals surface area contributed by atoms with Crippen LogP contribution in [0.4, 0.5) is 0 Å². The highest BCUT2D eigenvalue weighted by Gasteiger charge is 2.43. The van der Waals surface area contributed by atoms with Crippen LogP contribution in [0.1, 0.15) is 0 Å². The predicted octanol–water partition coefficient (Wildman–Crippen LogP) is 10.4. The predicted molar refractivity (Wildman–Crippen MR) is 214 cm³/mol. The van der Waals surface area contributed by atoms with Crippen molar-refractivity contribution in [3.05, 3.63) is 182 Å². The van der Waals surface area contributed by atoms with Gasteiger partial charge in [-0.2, -0.15) is 0 Å². The lowest BCUT2D eigenvalue weighted by Gasteiger charge is -2.36. The zero-order valence-corrected chi connectivity index (χ0v) is 27.8. The number of aromatic nitrogens is 1. The van der Waals surface area contributed by atoms with Gasteiger partial charge in [0.15, 0.2) is 0 Å². The molecule has 2 aliphatic rings.